The van der Waals surface area contributed by atoms with Gasteiger partial charge in [0.15, 0.2) is 5.76 Å². The summed E-state index contributed by atoms with van der Waals surface area (Å²) >= 11 is 1.65. The Morgan fingerprint density at radius 1 is 1.19 bits per heavy atom. The van der Waals surface area contributed by atoms with Gasteiger partial charge in [0.05, 0.1) is 7.11 Å². The number of halogens is 1. The first-order valence-electron chi connectivity index (χ1n) is 5.79. The molecule has 0 amide bonds. The molecule has 116 valence electrons. The average molecular weight is 426 g/mol. The Kier molecular flexibility index (Phi) is 6.62. The van der Waals surface area contributed by atoms with Crippen molar-refractivity contribution in [3.8, 4) is 0 Å². The van der Waals surface area contributed by atoms with Crippen LogP contribution < -0.4 is 0 Å². The molecule has 0 saturated carbocycles. The van der Waals surface area contributed by atoms with Gasteiger partial charge in [-0.05, 0) is 41.6 Å². The van der Waals surface area contributed by atoms with E-state index in [2.05, 4.69) is 4.74 Å². The summed E-state index contributed by atoms with van der Waals surface area (Å²) in [5, 5.41) is 0. The maximum atomic E-state index is 12.2. The first-order chi connectivity index (χ1) is 9.81. The summed E-state index contributed by atoms with van der Waals surface area (Å²) in [5.41, 5.74) is 0.922. The van der Waals surface area contributed by atoms with Crippen LogP contribution in [-0.2, 0) is 28.6 Å². The smallest absolute Gasteiger partial charge is 0.347 e. The lowest BCUT2D eigenvalue weighted by Crippen LogP contribution is -2.14. The number of rotatable bonds is 6. The Bertz CT molecular complexity index is 633. The molecule has 6 nitrogen and oxygen atoms in total. The maximum absolute atomic E-state index is 12.2. The van der Waals surface area contributed by atoms with Crippen LogP contribution in [0.3, 0.4) is 0 Å². The molecule has 0 spiro atoms. The van der Waals surface area contributed by atoms with Gasteiger partial charge >= 0.3 is 16.1 Å². The van der Waals surface area contributed by atoms with Crippen molar-refractivity contribution in [3.63, 3.8) is 0 Å². The fourth-order valence-electron chi connectivity index (χ4n) is 1.34. The molecule has 8 heteroatoms. The highest BCUT2D eigenvalue weighted by atomic mass is 127. The number of hydrogen-bond acceptors (Lipinski definition) is 6. The summed E-state index contributed by atoms with van der Waals surface area (Å²) in [6.45, 7) is 1.67. The van der Waals surface area contributed by atoms with E-state index in [9.17, 15) is 13.2 Å². The zero-order valence-corrected chi connectivity index (χ0v) is 14.7. The van der Waals surface area contributed by atoms with E-state index in [1.165, 1.54) is 26.4 Å². The maximum Gasteiger partial charge on any atom is 0.347 e. The van der Waals surface area contributed by atoms with Crippen LogP contribution in [0.5, 0.6) is 0 Å². The van der Waals surface area contributed by atoms with Crippen molar-refractivity contribution < 1.29 is 26.9 Å². The van der Waals surface area contributed by atoms with Gasteiger partial charge in [-0.1, -0.05) is 17.7 Å². The summed E-state index contributed by atoms with van der Waals surface area (Å²) in [4.78, 5) is 11.5. The van der Waals surface area contributed by atoms with Crippen molar-refractivity contribution in [1.29, 1.82) is 0 Å². The molecule has 0 aliphatic carbocycles. The molecule has 0 N–H and O–H groups in total. The fourth-order valence-corrected chi connectivity index (χ4v) is 2.94. The van der Waals surface area contributed by atoms with Gasteiger partial charge in [0.25, 0.3) is 0 Å². The standard InChI is InChI=1S/C13H15IO6S/c1-9-4-6-10(7-5-9)21(16,17)20-11(8-18-2)12(14)13(15)19-3/h4-7H,8H2,1-3H3/b12-11+. The first-order valence-corrected chi connectivity index (χ1v) is 8.27. The van der Waals surface area contributed by atoms with E-state index >= 15 is 0 Å². The molecule has 0 bridgehead atoms. The van der Waals surface area contributed by atoms with Gasteiger partial charge in [-0.3, -0.25) is 0 Å². The van der Waals surface area contributed by atoms with Crippen molar-refractivity contribution in [2.45, 2.75) is 11.8 Å². The van der Waals surface area contributed by atoms with Crippen LogP contribution in [0.1, 0.15) is 5.56 Å². The van der Waals surface area contributed by atoms with Crippen LogP contribution in [0.25, 0.3) is 0 Å². The Hall–Kier alpha value is -1.13. The highest BCUT2D eigenvalue weighted by molar-refractivity contribution is 14.1. The van der Waals surface area contributed by atoms with Crippen LogP contribution in [0.4, 0.5) is 0 Å². The minimum Gasteiger partial charge on any atom is -0.465 e. The molecule has 0 heterocycles. The lowest BCUT2D eigenvalue weighted by molar-refractivity contribution is -0.135. The van der Waals surface area contributed by atoms with Gasteiger partial charge < -0.3 is 13.7 Å². The molecule has 0 saturated heterocycles. The monoisotopic (exact) mass is 426 g/mol. The zero-order valence-electron chi connectivity index (χ0n) is 11.8. The summed E-state index contributed by atoms with van der Waals surface area (Å²) in [7, 11) is -1.48. The van der Waals surface area contributed by atoms with Gasteiger partial charge in [0.1, 0.15) is 15.1 Å². The van der Waals surface area contributed by atoms with Crippen molar-refractivity contribution in [2.24, 2.45) is 0 Å². The molecule has 1 rings (SSSR count). The van der Waals surface area contributed by atoms with Crippen LogP contribution in [0.2, 0.25) is 0 Å². The number of carbonyl (C=O) groups excluding carboxylic acids is 1. The van der Waals surface area contributed by atoms with Crippen molar-refractivity contribution in [2.75, 3.05) is 20.8 Å². The Balaban J connectivity index is 3.14. The molecule has 1 aromatic carbocycles. The molecular weight excluding hydrogens is 411 g/mol. The Morgan fingerprint density at radius 2 is 1.76 bits per heavy atom. The largest absolute Gasteiger partial charge is 0.465 e. The predicted molar refractivity (Wildman–Crippen MR) is 84.4 cm³/mol. The highest BCUT2D eigenvalue weighted by Crippen LogP contribution is 2.22. The SMILES string of the molecule is COC/C(OS(=O)(=O)c1ccc(C)cc1)=C(\I)C(=O)OC. The molecule has 21 heavy (non-hydrogen) atoms. The topological polar surface area (TPSA) is 78.9 Å². The average Bonchev–Trinajstić information content (AvgIpc) is 2.45. The summed E-state index contributed by atoms with van der Waals surface area (Å²) in [5.74, 6) is -0.813. The third kappa shape index (κ3) is 4.97. The van der Waals surface area contributed by atoms with E-state index in [4.69, 9.17) is 8.92 Å². The number of esters is 1. The van der Waals surface area contributed by atoms with Gasteiger partial charge in [-0.15, -0.1) is 0 Å². The van der Waals surface area contributed by atoms with Gasteiger partial charge in [0.2, 0.25) is 0 Å². The van der Waals surface area contributed by atoms with E-state index in [0.29, 0.717) is 0 Å². The van der Waals surface area contributed by atoms with E-state index in [-0.39, 0.29) is 20.8 Å². The number of hydrogen-bond donors (Lipinski definition) is 0. The van der Waals surface area contributed by atoms with E-state index < -0.39 is 16.1 Å². The highest BCUT2D eigenvalue weighted by Gasteiger charge is 2.23. The third-order valence-corrected chi connectivity index (χ3v) is 4.72. The van der Waals surface area contributed by atoms with Crippen LogP contribution in [0, 0.1) is 6.92 Å². The second-order valence-corrected chi connectivity index (χ2v) is 6.64. The van der Waals surface area contributed by atoms with E-state index in [1.54, 1.807) is 34.7 Å². The number of aryl methyl sites for hydroxylation is 1. The van der Waals surface area contributed by atoms with Crippen molar-refractivity contribution >= 4 is 38.7 Å². The Morgan fingerprint density at radius 3 is 2.24 bits per heavy atom. The lowest BCUT2D eigenvalue weighted by atomic mass is 10.2. The number of benzene rings is 1. The second-order valence-electron chi connectivity index (χ2n) is 4.01. The lowest BCUT2D eigenvalue weighted by Gasteiger charge is -2.12. The normalized spacial score (nSPS) is 12.6. The predicted octanol–water partition coefficient (Wildman–Crippen LogP) is 2.17. The van der Waals surface area contributed by atoms with E-state index in [1.807, 2.05) is 6.92 Å². The molecule has 0 aromatic heterocycles. The van der Waals surface area contributed by atoms with Crippen LogP contribution >= 0.6 is 22.6 Å². The molecule has 0 atom stereocenters. The van der Waals surface area contributed by atoms with Gasteiger partial charge in [-0.2, -0.15) is 8.42 Å². The van der Waals surface area contributed by atoms with Gasteiger partial charge in [-0.25, -0.2) is 4.79 Å². The molecule has 0 unspecified atom stereocenters. The minimum atomic E-state index is -4.04. The zero-order chi connectivity index (χ0) is 16.0. The van der Waals surface area contributed by atoms with E-state index in [0.717, 1.165) is 5.56 Å². The van der Waals surface area contributed by atoms with Gasteiger partial charge in [0, 0.05) is 7.11 Å². The van der Waals surface area contributed by atoms with Crippen LogP contribution in [0.15, 0.2) is 38.5 Å². The number of ether oxygens (including phenoxy) is 2. The fraction of sp³-hybridized carbons (Fsp3) is 0.308. The second kappa shape index (κ2) is 7.76. The molecule has 0 aliphatic heterocycles. The third-order valence-electron chi connectivity index (χ3n) is 2.40. The summed E-state index contributed by atoms with van der Waals surface area (Å²) < 4.78 is 38.8. The first kappa shape index (κ1) is 17.9. The summed E-state index contributed by atoms with van der Waals surface area (Å²) in [6, 6.07) is 6.17. The molecule has 0 fully saturated rings. The van der Waals surface area contributed by atoms with Crippen LogP contribution in [-0.4, -0.2) is 35.2 Å². The van der Waals surface area contributed by atoms with Crippen molar-refractivity contribution in [1.82, 2.24) is 0 Å². The number of carbonyl (C=O) groups is 1. The molecule has 0 radical (unpaired) electrons. The minimum absolute atomic E-state index is 0.00392. The van der Waals surface area contributed by atoms with Crippen molar-refractivity contribution in [3.05, 3.63) is 39.2 Å². The Labute approximate surface area is 137 Å². The molecular formula is C13H15IO6S. The summed E-state index contributed by atoms with van der Waals surface area (Å²) in [6.07, 6.45) is 0. The molecule has 1 aromatic rings. The quantitative estimate of drug-likeness (QED) is 0.228. The number of methoxy groups -OCH3 is 2. The molecule has 0 aliphatic rings.